The number of carbonyl (C=O) groups excluding carboxylic acids is 2. The highest BCUT2D eigenvalue weighted by atomic mass is 35.5. The van der Waals surface area contributed by atoms with Crippen molar-refractivity contribution in [1.82, 2.24) is 15.6 Å². The number of hydrogen-bond donors (Lipinski definition) is 3. The van der Waals surface area contributed by atoms with Gasteiger partial charge < -0.3 is 18.6 Å². The summed E-state index contributed by atoms with van der Waals surface area (Å²) in [6, 6.07) is 9.70. The van der Waals surface area contributed by atoms with E-state index in [0.29, 0.717) is 11.5 Å². The minimum atomic E-state index is -4.07. The summed E-state index contributed by atoms with van der Waals surface area (Å²) in [5.41, 5.74) is 4.54. The number of halogens is 1. The Hall–Kier alpha value is -3.74. The van der Waals surface area contributed by atoms with Crippen LogP contribution in [-0.2, 0) is 16.6 Å². The van der Waals surface area contributed by atoms with E-state index in [4.69, 9.17) is 30.2 Å². The monoisotopic (exact) mass is 523 g/mol. The van der Waals surface area contributed by atoms with Crippen molar-refractivity contribution in [2.24, 2.45) is 0 Å². The second-order valence-electron chi connectivity index (χ2n) is 6.87. The van der Waals surface area contributed by atoms with Crippen LogP contribution < -0.4 is 29.8 Å². The van der Waals surface area contributed by atoms with Gasteiger partial charge in [-0.25, -0.2) is 13.1 Å². The van der Waals surface area contributed by atoms with Crippen LogP contribution in [0.3, 0.4) is 0 Å². The maximum atomic E-state index is 12.7. The Morgan fingerprint density at radius 3 is 2.09 bits per heavy atom. The first kappa shape index (κ1) is 25.9. The molecule has 0 aliphatic carbocycles. The van der Waals surface area contributed by atoms with Gasteiger partial charge in [0.15, 0.2) is 11.5 Å². The molecule has 13 heteroatoms. The number of sulfonamides is 1. The van der Waals surface area contributed by atoms with E-state index < -0.39 is 21.8 Å². The Morgan fingerprint density at radius 1 is 0.914 bits per heavy atom. The Balaban J connectivity index is 1.73. The third-order valence-corrected chi connectivity index (χ3v) is 6.60. The number of carbonyl (C=O) groups is 2. The molecule has 0 radical (unpaired) electrons. The number of nitrogens with one attached hydrogen (secondary N) is 3. The van der Waals surface area contributed by atoms with E-state index in [1.54, 1.807) is 12.1 Å². The van der Waals surface area contributed by atoms with Crippen LogP contribution in [0.25, 0.3) is 0 Å². The minimum absolute atomic E-state index is 0.0574. The number of ether oxygens (including phenoxy) is 3. The molecule has 1 heterocycles. The molecule has 0 spiro atoms. The third-order valence-electron chi connectivity index (χ3n) is 4.72. The molecule has 35 heavy (non-hydrogen) atoms. The summed E-state index contributed by atoms with van der Waals surface area (Å²) < 4.78 is 48.4. The topological polar surface area (TPSA) is 145 Å². The lowest BCUT2D eigenvalue weighted by Crippen LogP contribution is -2.41. The third kappa shape index (κ3) is 6.04. The summed E-state index contributed by atoms with van der Waals surface area (Å²) in [6.07, 6.45) is 1.41. The molecule has 3 rings (SSSR count). The first-order valence-electron chi connectivity index (χ1n) is 9.92. The van der Waals surface area contributed by atoms with Gasteiger partial charge in [-0.1, -0.05) is 11.6 Å². The number of hydrogen-bond acceptors (Lipinski definition) is 8. The van der Waals surface area contributed by atoms with Crippen molar-refractivity contribution < 1.29 is 36.6 Å². The summed E-state index contributed by atoms with van der Waals surface area (Å²) >= 11 is 6.06. The number of benzene rings is 2. The average Bonchev–Trinajstić information content (AvgIpc) is 3.39. The van der Waals surface area contributed by atoms with Crippen LogP contribution in [0.1, 0.15) is 26.5 Å². The largest absolute Gasteiger partial charge is 0.493 e. The summed E-state index contributed by atoms with van der Waals surface area (Å²) in [5, 5.41) is -0.0880. The van der Waals surface area contributed by atoms with E-state index in [0.717, 1.165) is 6.07 Å². The van der Waals surface area contributed by atoms with E-state index in [1.807, 2.05) is 0 Å². The minimum Gasteiger partial charge on any atom is -0.493 e. The summed E-state index contributed by atoms with van der Waals surface area (Å²) in [5.74, 6) is -0.264. The Morgan fingerprint density at radius 2 is 1.54 bits per heavy atom. The van der Waals surface area contributed by atoms with Crippen LogP contribution in [0.4, 0.5) is 0 Å². The molecule has 0 aliphatic heterocycles. The van der Waals surface area contributed by atoms with Crippen molar-refractivity contribution in [3.8, 4) is 17.2 Å². The zero-order valence-electron chi connectivity index (χ0n) is 18.9. The Labute approximate surface area is 206 Å². The molecule has 2 amide bonds. The lowest BCUT2D eigenvalue weighted by molar-refractivity contribution is 0.0846. The number of rotatable bonds is 9. The number of amides is 2. The molecular weight excluding hydrogens is 502 g/mol. The number of furan rings is 1. The van der Waals surface area contributed by atoms with Gasteiger partial charge in [0.1, 0.15) is 10.7 Å². The van der Waals surface area contributed by atoms with Crippen molar-refractivity contribution in [3.05, 3.63) is 70.6 Å². The molecule has 1 aromatic heterocycles. The molecular formula is C22H22ClN3O8S. The van der Waals surface area contributed by atoms with Crippen molar-refractivity contribution >= 4 is 33.4 Å². The Kier molecular flexibility index (Phi) is 8.22. The summed E-state index contributed by atoms with van der Waals surface area (Å²) in [4.78, 5) is 24.9. The van der Waals surface area contributed by atoms with Gasteiger partial charge in [0.2, 0.25) is 15.8 Å². The maximum absolute atomic E-state index is 12.7. The quantitative estimate of drug-likeness (QED) is 0.363. The van der Waals surface area contributed by atoms with Gasteiger partial charge in [-0.2, -0.15) is 0 Å². The zero-order valence-corrected chi connectivity index (χ0v) is 20.5. The zero-order chi connectivity index (χ0) is 25.6. The first-order valence-corrected chi connectivity index (χ1v) is 11.8. The van der Waals surface area contributed by atoms with E-state index >= 15 is 0 Å². The molecule has 0 fully saturated rings. The van der Waals surface area contributed by atoms with Crippen molar-refractivity contribution in [3.63, 3.8) is 0 Å². The van der Waals surface area contributed by atoms with E-state index in [2.05, 4.69) is 15.6 Å². The van der Waals surface area contributed by atoms with Crippen LogP contribution in [0, 0.1) is 0 Å². The smallest absolute Gasteiger partial charge is 0.269 e. The molecule has 0 saturated heterocycles. The predicted octanol–water partition coefficient (Wildman–Crippen LogP) is 2.51. The highest BCUT2D eigenvalue weighted by molar-refractivity contribution is 7.89. The second kappa shape index (κ2) is 11.1. The highest BCUT2D eigenvalue weighted by Crippen LogP contribution is 2.38. The van der Waals surface area contributed by atoms with Gasteiger partial charge in [0.05, 0.1) is 39.2 Å². The molecule has 11 nitrogen and oxygen atoms in total. The van der Waals surface area contributed by atoms with Gasteiger partial charge in [0.25, 0.3) is 11.8 Å². The maximum Gasteiger partial charge on any atom is 0.269 e. The van der Waals surface area contributed by atoms with Crippen LogP contribution in [0.5, 0.6) is 17.2 Å². The van der Waals surface area contributed by atoms with Crippen LogP contribution in [0.15, 0.2) is 58.0 Å². The van der Waals surface area contributed by atoms with Crippen molar-refractivity contribution in [1.29, 1.82) is 0 Å². The molecule has 0 saturated carbocycles. The van der Waals surface area contributed by atoms with Gasteiger partial charge in [-0.05, 0) is 42.5 Å². The fraction of sp³-hybridized carbons (Fsp3) is 0.182. The Bertz CT molecular complexity index is 1300. The fourth-order valence-electron chi connectivity index (χ4n) is 2.98. The SMILES string of the molecule is COc1cc(C(=O)NNC(=O)c2ccc(Cl)c(S(=O)(=O)NCc3ccco3)c2)cc(OC)c1OC. The normalized spacial score (nSPS) is 11.0. The summed E-state index contributed by atoms with van der Waals surface area (Å²) in [7, 11) is 0.154. The molecule has 3 aromatic rings. The van der Waals surface area contributed by atoms with E-state index in [9.17, 15) is 18.0 Å². The molecule has 186 valence electrons. The van der Waals surface area contributed by atoms with Gasteiger partial charge >= 0.3 is 0 Å². The fourth-order valence-corrected chi connectivity index (χ4v) is 4.49. The molecule has 3 N–H and O–H groups in total. The van der Waals surface area contributed by atoms with Crippen LogP contribution in [0.2, 0.25) is 5.02 Å². The van der Waals surface area contributed by atoms with Gasteiger partial charge in [-0.15, -0.1) is 0 Å². The lowest BCUT2D eigenvalue weighted by atomic mass is 10.1. The van der Waals surface area contributed by atoms with Crippen LogP contribution >= 0.6 is 11.6 Å². The standard InChI is InChI=1S/C22H22ClN3O8S/c1-31-17-9-14(10-18(32-2)20(17)33-3)22(28)26-25-21(27)13-6-7-16(23)19(11-13)35(29,30)24-12-15-5-4-8-34-15/h4-11,24H,12H2,1-3H3,(H,25,27)(H,26,28). The van der Waals surface area contributed by atoms with Crippen molar-refractivity contribution in [2.45, 2.75) is 11.4 Å². The number of methoxy groups -OCH3 is 3. The second-order valence-corrected chi connectivity index (χ2v) is 9.01. The van der Waals surface area contributed by atoms with Crippen molar-refractivity contribution in [2.75, 3.05) is 21.3 Å². The van der Waals surface area contributed by atoms with Crippen LogP contribution in [-0.4, -0.2) is 41.6 Å². The number of hydrazine groups is 1. The molecule has 2 aromatic carbocycles. The first-order chi connectivity index (χ1) is 16.7. The van der Waals surface area contributed by atoms with E-state index in [1.165, 1.54) is 51.9 Å². The van der Waals surface area contributed by atoms with E-state index in [-0.39, 0.29) is 39.1 Å². The molecule has 0 atom stereocenters. The van der Waals surface area contributed by atoms with Gasteiger partial charge in [0, 0.05) is 11.1 Å². The lowest BCUT2D eigenvalue weighted by Gasteiger charge is -2.14. The molecule has 0 aliphatic rings. The average molecular weight is 524 g/mol. The molecule has 0 bridgehead atoms. The predicted molar refractivity (Wildman–Crippen MR) is 125 cm³/mol. The summed E-state index contributed by atoms with van der Waals surface area (Å²) in [6.45, 7) is -0.104. The highest BCUT2D eigenvalue weighted by Gasteiger charge is 2.21. The van der Waals surface area contributed by atoms with Gasteiger partial charge in [-0.3, -0.25) is 20.4 Å². The molecule has 0 unspecified atom stereocenters.